The van der Waals surface area contributed by atoms with Crippen LogP contribution < -0.4 is 10.1 Å². The molecule has 1 aromatic heterocycles. The van der Waals surface area contributed by atoms with Crippen molar-refractivity contribution in [3.05, 3.63) is 69.3 Å². The minimum absolute atomic E-state index is 0.166. The van der Waals surface area contributed by atoms with Gasteiger partial charge in [0.2, 0.25) is 0 Å². The van der Waals surface area contributed by atoms with E-state index in [0.717, 1.165) is 27.3 Å². The quantitative estimate of drug-likeness (QED) is 0.629. The van der Waals surface area contributed by atoms with Gasteiger partial charge in [0.15, 0.2) is 0 Å². The van der Waals surface area contributed by atoms with Crippen LogP contribution in [-0.2, 0) is 6.61 Å². The van der Waals surface area contributed by atoms with Crippen LogP contribution >= 0.6 is 22.9 Å². The van der Waals surface area contributed by atoms with Crippen LogP contribution in [0.15, 0.2) is 42.5 Å². The van der Waals surface area contributed by atoms with E-state index >= 15 is 0 Å². The second-order valence-electron chi connectivity index (χ2n) is 5.78. The summed E-state index contributed by atoms with van der Waals surface area (Å²) in [7, 11) is 0. The number of carbonyl (C=O) groups excluding carboxylic acids is 1. The van der Waals surface area contributed by atoms with Gasteiger partial charge in [-0.2, -0.15) is 0 Å². The van der Waals surface area contributed by atoms with Crippen LogP contribution in [-0.4, -0.2) is 5.91 Å². The van der Waals surface area contributed by atoms with Crippen molar-refractivity contribution >= 4 is 34.5 Å². The van der Waals surface area contributed by atoms with Gasteiger partial charge in [0.1, 0.15) is 18.2 Å². The van der Waals surface area contributed by atoms with E-state index in [1.165, 1.54) is 29.5 Å². The number of carbonyl (C=O) groups is 1. The molecule has 0 aliphatic carbocycles. The van der Waals surface area contributed by atoms with Crippen molar-refractivity contribution < 1.29 is 13.9 Å². The second-order valence-corrected chi connectivity index (χ2v) is 7.24. The molecule has 0 spiro atoms. The largest absolute Gasteiger partial charge is 0.488 e. The van der Waals surface area contributed by atoms with Crippen LogP contribution in [0.2, 0.25) is 5.02 Å². The van der Waals surface area contributed by atoms with Crippen molar-refractivity contribution in [2.45, 2.75) is 13.5 Å². The Morgan fingerprint density at radius 3 is 2.92 bits per heavy atom. The molecule has 0 bridgehead atoms. The Labute approximate surface area is 153 Å². The minimum atomic E-state index is -0.446. The molecule has 0 radical (unpaired) electrons. The Morgan fingerprint density at radius 1 is 1.28 bits per heavy atom. The van der Waals surface area contributed by atoms with Crippen LogP contribution in [0, 0.1) is 12.7 Å². The van der Waals surface area contributed by atoms with Crippen molar-refractivity contribution in [2.24, 2.45) is 0 Å². The standard InChI is InChI=1S/C19H13ClFNO2S/c1-10-3-2-4-15-17(10)18-11(9-24-15)7-16(25-18)19(23)22-14-6-5-12(21)8-13(14)20/h2-8H,9H2,1H3,(H,22,23). The van der Waals surface area contributed by atoms with Gasteiger partial charge in [-0.25, -0.2) is 4.39 Å². The predicted molar refractivity (Wildman–Crippen MR) is 98.2 cm³/mol. The number of benzene rings is 2. The summed E-state index contributed by atoms with van der Waals surface area (Å²) in [6.07, 6.45) is 0. The van der Waals surface area contributed by atoms with Crippen molar-refractivity contribution in [3.63, 3.8) is 0 Å². The molecule has 4 rings (SSSR count). The second kappa shape index (κ2) is 6.17. The van der Waals surface area contributed by atoms with E-state index in [2.05, 4.69) is 5.32 Å². The number of hydrogen-bond donors (Lipinski definition) is 1. The number of rotatable bonds is 2. The average molecular weight is 374 g/mol. The Hall–Kier alpha value is -2.37. The molecule has 2 aromatic carbocycles. The molecule has 0 saturated heterocycles. The lowest BCUT2D eigenvalue weighted by Crippen LogP contribution is -2.10. The van der Waals surface area contributed by atoms with Gasteiger partial charge in [0.25, 0.3) is 5.91 Å². The number of aryl methyl sites for hydroxylation is 1. The van der Waals surface area contributed by atoms with Gasteiger partial charge < -0.3 is 10.1 Å². The highest BCUT2D eigenvalue weighted by Crippen LogP contribution is 2.44. The molecule has 0 unspecified atom stereocenters. The molecular weight excluding hydrogens is 361 g/mol. The topological polar surface area (TPSA) is 38.3 Å². The Bertz CT molecular complexity index is 999. The Morgan fingerprint density at radius 2 is 2.12 bits per heavy atom. The molecule has 1 aliphatic heterocycles. The van der Waals surface area contributed by atoms with Gasteiger partial charge in [-0.3, -0.25) is 4.79 Å². The van der Waals surface area contributed by atoms with Gasteiger partial charge in [-0.1, -0.05) is 23.7 Å². The third kappa shape index (κ3) is 2.90. The highest BCUT2D eigenvalue weighted by atomic mass is 35.5. The lowest BCUT2D eigenvalue weighted by Gasteiger charge is -2.19. The fraction of sp³-hybridized carbons (Fsp3) is 0.105. The van der Waals surface area contributed by atoms with E-state index in [1.54, 1.807) is 0 Å². The molecule has 3 aromatic rings. The van der Waals surface area contributed by atoms with E-state index in [-0.39, 0.29) is 10.9 Å². The Kier molecular flexibility index (Phi) is 3.98. The zero-order valence-electron chi connectivity index (χ0n) is 13.2. The number of amides is 1. The summed E-state index contributed by atoms with van der Waals surface area (Å²) < 4.78 is 18.9. The van der Waals surface area contributed by atoms with Gasteiger partial charge in [0.05, 0.1) is 15.6 Å². The lowest BCUT2D eigenvalue weighted by molar-refractivity contribution is 0.103. The number of halogens is 2. The van der Waals surface area contributed by atoms with Crippen LogP contribution in [0.5, 0.6) is 5.75 Å². The van der Waals surface area contributed by atoms with Gasteiger partial charge in [-0.05, 0) is 42.8 Å². The summed E-state index contributed by atoms with van der Waals surface area (Å²) in [5, 5.41) is 2.90. The molecule has 6 heteroatoms. The van der Waals surface area contributed by atoms with E-state index in [4.69, 9.17) is 16.3 Å². The van der Waals surface area contributed by atoms with Gasteiger partial charge >= 0.3 is 0 Å². The third-order valence-electron chi connectivity index (χ3n) is 4.06. The minimum Gasteiger partial charge on any atom is -0.488 e. The fourth-order valence-electron chi connectivity index (χ4n) is 2.84. The summed E-state index contributed by atoms with van der Waals surface area (Å²) in [4.78, 5) is 14.2. The lowest BCUT2D eigenvalue weighted by atomic mass is 10.0. The number of thiophene rings is 1. The summed E-state index contributed by atoms with van der Waals surface area (Å²) in [5.41, 5.74) is 3.51. The molecule has 25 heavy (non-hydrogen) atoms. The predicted octanol–water partition coefficient (Wildman–Crippen LogP) is 5.66. The smallest absolute Gasteiger partial charge is 0.265 e. The van der Waals surface area contributed by atoms with Crippen molar-refractivity contribution in [1.29, 1.82) is 0 Å². The summed E-state index contributed by atoms with van der Waals surface area (Å²) in [6.45, 7) is 2.46. The molecule has 126 valence electrons. The van der Waals surface area contributed by atoms with Crippen molar-refractivity contribution in [3.8, 4) is 16.2 Å². The van der Waals surface area contributed by atoms with E-state index < -0.39 is 5.82 Å². The van der Waals surface area contributed by atoms with Crippen molar-refractivity contribution in [1.82, 2.24) is 0 Å². The van der Waals surface area contributed by atoms with Gasteiger partial charge in [0, 0.05) is 16.0 Å². The zero-order valence-corrected chi connectivity index (χ0v) is 14.8. The maximum Gasteiger partial charge on any atom is 0.265 e. The molecule has 2 heterocycles. The first-order valence-electron chi connectivity index (χ1n) is 7.65. The van der Waals surface area contributed by atoms with Crippen LogP contribution in [0.1, 0.15) is 20.8 Å². The van der Waals surface area contributed by atoms with Crippen LogP contribution in [0.4, 0.5) is 10.1 Å². The van der Waals surface area contributed by atoms with E-state index in [9.17, 15) is 9.18 Å². The van der Waals surface area contributed by atoms with Gasteiger partial charge in [-0.15, -0.1) is 11.3 Å². The third-order valence-corrected chi connectivity index (χ3v) is 5.56. The SMILES string of the molecule is Cc1cccc2c1-c1sc(C(=O)Nc3ccc(F)cc3Cl)cc1CO2. The molecule has 0 atom stereocenters. The molecule has 3 nitrogen and oxygen atoms in total. The number of nitrogens with one attached hydrogen (secondary N) is 1. The highest BCUT2D eigenvalue weighted by molar-refractivity contribution is 7.17. The summed E-state index contributed by atoms with van der Waals surface area (Å²) in [5.74, 6) is 0.116. The molecular formula is C19H13ClFNO2S. The zero-order chi connectivity index (χ0) is 17.6. The molecule has 0 fully saturated rings. The molecule has 1 aliphatic rings. The monoisotopic (exact) mass is 373 g/mol. The molecule has 1 amide bonds. The van der Waals surface area contributed by atoms with Crippen LogP contribution in [0.3, 0.4) is 0 Å². The fourth-order valence-corrected chi connectivity index (χ4v) is 4.23. The van der Waals surface area contributed by atoms with Crippen molar-refractivity contribution in [2.75, 3.05) is 5.32 Å². The highest BCUT2D eigenvalue weighted by Gasteiger charge is 2.24. The summed E-state index contributed by atoms with van der Waals surface area (Å²) in [6, 6.07) is 11.6. The number of hydrogen-bond acceptors (Lipinski definition) is 3. The van der Waals surface area contributed by atoms with E-state index in [0.29, 0.717) is 17.2 Å². The normalized spacial score (nSPS) is 12.1. The molecule has 0 saturated carbocycles. The first-order chi connectivity index (χ1) is 12.0. The molecule has 1 N–H and O–H groups in total. The number of fused-ring (bicyclic) bond motifs is 3. The van der Waals surface area contributed by atoms with Crippen LogP contribution in [0.25, 0.3) is 10.4 Å². The number of anilines is 1. The maximum absolute atomic E-state index is 13.1. The maximum atomic E-state index is 13.1. The first kappa shape index (κ1) is 16.1. The number of ether oxygens (including phenoxy) is 1. The summed E-state index contributed by atoms with van der Waals surface area (Å²) >= 11 is 7.40. The Balaban J connectivity index is 1.67. The average Bonchev–Trinajstić information content (AvgIpc) is 3.02. The van der Waals surface area contributed by atoms with E-state index in [1.807, 2.05) is 31.2 Å². The first-order valence-corrected chi connectivity index (χ1v) is 8.84.